The predicted octanol–water partition coefficient (Wildman–Crippen LogP) is 1.52. The highest BCUT2D eigenvalue weighted by molar-refractivity contribution is 9.10. The summed E-state index contributed by atoms with van der Waals surface area (Å²) in [6, 6.07) is 3.55. The van der Waals surface area contributed by atoms with Crippen molar-refractivity contribution in [3.05, 3.63) is 27.2 Å². The Morgan fingerprint density at radius 2 is 2.30 bits per heavy atom. The fourth-order valence-corrected chi connectivity index (χ4v) is 3.45. The molecular weight excluding hydrogens is 348 g/mol. The molecule has 0 radical (unpaired) electrons. The minimum Gasteiger partial charge on any atom is -0.387 e. The number of hydrogen-bond donors (Lipinski definition) is 2. The van der Waals surface area contributed by atoms with Gasteiger partial charge in [-0.05, 0) is 40.0 Å². The third kappa shape index (κ3) is 1.86. The third-order valence-electron chi connectivity index (χ3n) is 4.02. The number of carbonyl (C=O) groups is 2. The Labute approximate surface area is 129 Å². The molecule has 0 bridgehead atoms. The summed E-state index contributed by atoms with van der Waals surface area (Å²) in [5, 5.41) is 12.3. The van der Waals surface area contributed by atoms with Gasteiger partial charge in [-0.2, -0.15) is 0 Å². The van der Waals surface area contributed by atoms with Gasteiger partial charge in [0.15, 0.2) is 0 Å². The lowest BCUT2D eigenvalue weighted by atomic mass is 9.81. The van der Waals surface area contributed by atoms with Gasteiger partial charge in [0.05, 0.1) is 10.4 Å². The van der Waals surface area contributed by atoms with Crippen molar-refractivity contribution in [2.75, 3.05) is 25.0 Å². The minimum atomic E-state index is -0.729. The largest absolute Gasteiger partial charge is 0.387 e. The Hall–Kier alpha value is -1.11. The van der Waals surface area contributed by atoms with Gasteiger partial charge in [0.1, 0.15) is 6.61 Å². The zero-order chi connectivity index (χ0) is 14.5. The second kappa shape index (κ2) is 4.72. The lowest BCUT2D eigenvalue weighted by Gasteiger charge is -2.22. The lowest BCUT2D eigenvalue weighted by Crippen LogP contribution is -2.40. The van der Waals surface area contributed by atoms with Crippen LogP contribution in [-0.2, 0) is 15.0 Å². The van der Waals surface area contributed by atoms with Crippen LogP contribution in [0.1, 0.15) is 12.0 Å². The van der Waals surface area contributed by atoms with Crippen molar-refractivity contribution in [3.8, 4) is 0 Å². The highest BCUT2D eigenvalue weighted by Crippen LogP contribution is 2.46. The van der Waals surface area contributed by atoms with Crippen molar-refractivity contribution < 1.29 is 14.7 Å². The molecule has 1 fully saturated rings. The van der Waals surface area contributed by atoms with E-state index < -0.39 is 12.0 Å². The molecule has 2 amide bonds. The molecule has 0 saturated carbocycles. The molecule has 2 N–H and O–H groups in total. The first-order valence-electron chi connectivity index (χ1n) is 6.17. The molecule has 1 atom stereocenters. The van der Waals surface area contributed by atoms with Gasteiger partial charge in [0, 0.05) is 23.2 Å². The quantitative estimate of drug-likeness (QED) is 0.799. The Morgan fingerprint density at radius 1 is 1.55 bits per heavy atom. The number of fused-ring (bicyclic) bond motifs is 2. The molecule has 5 nitrogen and oxygen atoms in total. The summed E-state index contributed by atoms with van der Waals surface area (Å²) in [4.78, 5) is 25.5. The second-order valence-corrected chi connectivity index (χ2v) is 6.33. The molecule has 2 heterocycles. The molecule has 1 aromatic carbocycles. The fourth-order valence-electron chi connectivity index (χ4n) is 2.94. The van der Waals surface area contributed by atoms with Crippen LogP contribution in [0.5, 0.6) is 0 Å². The molecule has 106 valence electrons. The van der Waals surface area contributed by atoms with Crippen LogP contribution in [0.3, 0.4) is 0 Å². The standard InChI is InChI=1S/C13H12BrClN2O3/c14-8-3-7-10(4-9(8)15)16-12(20)13(7)1-2-17(6-13)11(19)5-18/h3-4,18H,1-2,5-6H2,(H,16,20)/t13-/m0/s1. The van der Waals surface area contributed by atoms with E-state index in [2.05, 4.69) is 21.2 Å². The highest BCUT2D eigenvalue weighted by atomic mass is 79.9. The number of hydrogen-bond acceptors (Lipinski definition) is 3. The van der Waals surface area contributed by atoms with Crippen molar-refractivity contribution >= 4 is 45.0 Å². The molecule has 1 spiro atoms. The zero-order valence-electron chi connectivity index (χ0n) is 10.4. The maximum absolute atomic E-state index is 12.4. The Bertz CT molecular complexity index is 622. The number of carbonyl (C=O) groups excluding carboxylic acids is 2. The van der Waals surface area contributed by atoms with E-state index in [1.807, 2.05) is 6.07 Å². The van der Waals surface area contributed by atoms with Gasteiger partial charge in [0.2, 0.25) is 11.8 Å². The number of aliphatic hydroxyl groups is 1. The number of anilines is 1. The van der Waals surface area contributed by atoms with Gasteiger partial charge in [-0.25, -0.2) is 0 Å². The average Bonchev–Trinajstić information content (AvgIpc) is 2.97. The summed E-state index contributed by atoms with van der Waals surface area (Å²) in [5.74, 6) is -0.467. The molecular formula is C13H12BrClN2O3. The first-order valence-corrected chi connectivity index (χ1v) is 7.34. The van der Waals surface area contributed by atoms with Crippen molar-refractivity contribution in [1.82, 2.24) is 4.90 Å². The summed E-state index contributed by atoms with van der Waals surface area (Å²) in [7, 11) is 0. The number of benzene rings is 1. The number of rotatable bonds is 1. The Morgan fingerprint density at radius 3 is 3.00 bits per heavy atom. The Kier molecular flexibility index (Phi) is 3.27. The van der Waals surface area contributed by atoms with E-state index in [4.69, 9.17) is 16.7 Å². The van der Waals surface area contributed by atoms with E-state index in [0.717, 1.165) is 10.0 Å². The first-order chi connectivity index (χ1) is 9.48. The zero-order valence-corrected chi connectivity index (χ0v) is 12.8. The molecule has 0 aromatic heterocycles. The lowest BCUT2D eigenvalue weighted by molar-refractivity contribution is -0.133. The van der Waals surface area contributed by atoms with E-state index in [1.54, 1.807) is 6.07 Å². The van der Waals surface area contributed by atoms with Crippen molar-refractivity contribution in [2.24, 2.45) is 0 Å². The number of nitrogens with zero attached hydrogens (tertiary/aromatic N) is 1. The molecule has 20 heavy (non-hydrogen) atoms. The molecule has 1 aromatic rings. The van der Waals surface area contributed by atoms with Crippen LogP contribution in [0.4, 0.5) is 5.69 Å². The van der Waals surface area contributed by atoms with Crippen LogP contribution in [0, 0.1) is 0 Å². The number of nitrogens with one attached hydrogen (secondary N) is 1. The number of halogens is 2. The van der Waals surface area contributed by atoms with E-state index in [0.29, 0.717) is 30.2 Å². The number of aliphatic hydroxyl groups excluding tert-OH is 1. The summed E-state index contributed by atoms with van der Waals surface area (Å²) < 4.78 is 0.723. The predicted molar refractivity (Wildman–Crippen MR) is 77.7 cm³/mol. The van der Waals surface area contributed by atoms with Gasteiger partial charge in [-0.3, -0.25) is 9.59 Å². The van der Waals surface area contributed by atoms with Gasteiger partial charge in [0.25, 0.3) is 0 Å². The van der Waals surface area contributed by atoms with E-state index >= 15 is 0 Å². The number of amides is 2. The maximum atomic E-state index is 12.4. The first kappa shape index (κ1) is 13.9. The molecule has 3 rings (SSSR count). The van der Waals surface area contributed by atoms with Crippen LogP contribution in [0.15, 0.2) is 16.6 Å². The van der Waals surface area contributed by atoms with Crippen molar-refractivity contribution in [1.29, 1.82) is 0 Å². The van der Waals surface area contributed by atoms with Gasteiger partial charge >= 0.3 is 0 Å². The highest BCUT2D eigenvalue weighted by Gasteiger charge is 2.52. The normalized spacial score (nSPS) is 24.1. The fraction of sp³-hybridized carbons (Fsp3) is 0.385. The molecule has 0 aliphatic carbocycles. The topological polar surface area (TPSA) is 69.6 Å². The van der Waals surface area contributed by atoms with Crippen LogP contribution in [0.25, 0.3) is 0 Å². The molecule has 2 aliphatic rings. The van der Waals surface area contributed by atoms with Crippen LogP contribution in [0.2, 0.25) is 5.02 Å². The van der Waals surface area contributed by atoms with Crippen LogP contribution in [-0.4, -0.2) is 41.5 Å². The monoisotopic (exact) mass is 358 g/mol. The molecule has 7 heteroatoms. The number of likely N-dealkylation sites (tertiary alicyclic amines) is 1. The van der Waals surface area contributed by atoms with Gasteiger partial charge in [-0.15, -0.1) is 0 Å². The van der Waals surface area contributed by atoms with Gasteiger partial charge in [-0.1, -0.05) is 11.6 Å². The molecule has 2 aliphatic heterocycles. The minimum absolute atomic E-state index is 0.116. The molecule has 1 saturated heterocycles. The summed E-state index contributed by atoms with van der Waals surface area (Å²) in [5.41, 5.74) is 0.821. The van der Waals surface area contributed by atoms with Gasteiger partial charge < -0.3 is 15.3 Å². The van der Waals surface area contributed by atoms with E-state index in [1.165, 1.54) is 4.90 Å². The average molecular weight is 360 g/mol. The third-order valence-corrected chi connectivity index (χ3v) is 5.21. The van der Waals surface area contributed by atoms with E-state index in [9.17, 15) is 9.59 Å². The van der Waals surface area contributed by atoms with Crippen molar-refractivity contribution in [3.63, 3.8) is 0 Å². The SMILES string of the molecule is O=C(CO)N1CC[C@@]2(C1)C(=O)Nc1cc(Cl)c(Br)cc12. The van der Waals surface area contributed by atoms with Crippen molar-refractivity contribution in [2.45, 2.75) is 11.8 Å². The summed E-state index contributed by atoms with van der Waals surface area (Å²) in [6.45, 7) is 0.223. The molecule has 0 unspecified atom stereocenters. The smallest absolute Gasteiger partial charge is 0.248 e. The van der Waals surface area contributed by atoms with E-state index in [-0.39, 0.29) is 11.8 Å². The maximum Gasteiger partial charge on any atom is 0.248 e. The van der Waals surface area contributed by atoms with Crippen LogP contribution >= 0.6 is 27.5 Å². The summed E-state index contributed by atoms with van der Waals surface area (Å²) >= 11 is 9.41. The summed E-state index contributed by atoms with van der Waals surface area (Å²) in [6.07, 6.45) is 0.547. The Balaban J connectivity index is 2.03. The second-order valence-electron chi connectivity index (χ2n) is 5.07. The van der Waals surface area contributed by atoms with Crippen LogP contribution < -0.4 is 5.32 Å².